The highest BCUT2D eigenvalue weighted by molar-refractivity contribution is 7.91. The summed E-state index contributed by atoms with van der Waals surface area (Å²) in [6, 6.07) is 3.23. The number of alkyl carbamates (subject to hydrolysis) is 1. The smallest absolute Gasteiger partial charge is 0.408 e. The molecule has 4 atom stereocenters. The number of nitrogens with zero attached hydrogens (tertiary/aromatic N) is 2. The van der Waals surface area contributed by atoms with Gasteiger partial charge in [0.05, 0.1) is 17.3 Å². The van der Waals surface area contributed by atoms with Crippen LogP contribution in [-0.4, -0.2) is 83.2 Å². The number of benzene rings is 1. The number of ether oxygens (including phenoxy) is 2. The molecule has 3 N–H and O–H groups in total. The molecule has 1 aromatic heterocycles. The number of halogens is 1. The zero-order chi connectivity index (χ0) is 36.5. The molecule has 1 saturated heterocycles. The Bertz CT molecular complexity index is 1730. The van der Waals surface area contributed by atoms with Crippen molar-refractivity contribution in [2.75, 3.05) is 6.54 Å². The lowest BCUT2D eigenvalue weighted by molar-refractivity contribution is -0.143. The Hall–Kier alpha value is -4.27. The van der Waals surface area contributed by atoms with Crippen LogP contribution in [0.1, 0.15) is 74.1 Å². The van der Waals surface area contributed by atoms with Gasteiger partial charge in [0.25, 0.3) is 5.91 Å². The van der Waals surface area contributed by atoms with Gasteiger partial charge in [-0.2, -0.15) is 0 Å². The molecule has 0 bridgehead atoms. The SMILES string of the molecule is C=CC[C@@](C)(NC(=O)[C@@H]1C[C@@H](Oc2ccnc3ccc(F)cc23)CN1C(=O)[C@@H](NC(=O)OC(C)(C)C)C(C)(C)C)C(=O)NS(=O)(=O)C1CC1. The molecule has 2 aromatic rings. The van der Waals surface area contributed by atoms with Crippen molar-refractivity contribution in [3.05, 3.63) is 48.9 Å². The Labute approximate surface area is 286 Å². The van der Waals surface area contributed by atoms with Gasteiger partial charge >= 0.3 is 6.09 Å². The van der Waals surface area contributed by atoms with E-state index in [2.05, 4.69) is 26.9 Å². The molecule has 4 rings (SSSR count). The van der Waals surface area contributed by atoms with Crippen molar-refractivity contribution in [2.24, 2.45) is 5.41 Å². The van der Waals surface area contributed by atoms with Crippen molar-refractivity contribution in [3.63, 3.8) is 0 Å². The summed E-state index contributed by atoms with van der Waals surface area (Å²) in [5.41, 5.74) is -2.96. The minimum absolute atomic E-state index is 0.0494. The van der Waals surface area contributed by atoms with Crippen LogP contribution in [0.4, 0.5) is 9.18 Å². The van der Waals surface area contributed by atoms with Crippen LogP contribution in [0.3, 0.4) is 0 Å². The number of carbonyl (C=O) groups is 4. The second-order valence-electron chi connectivity index (χ2n) is 14.9. The first-order valence-corrected chi connectivity index (χ1v) is 17.7. The van der Waals surface area contributed by atoms with Crippen molar-refractivity contribution in [2.45, 2.75) is 109 Å². The second kappa shape index (κ2) is 13.9. The van der Waals surface area contributed by atoms with Crippen molar-refractivity contribution < 1.29 is 41.5 Å². The molecule has 15 heteroatoms. The number of nitrogens with one attached hydrogen (secondary N) is 3. The summed E-state index contributed by atoms with van der Waals surface area (Å²) >= 11 is 0. The molecule has 13 nitrogen and oxygen atoms in total. The lowest BCUT2D eigenvalue weighted by atomic mass is 9.85. The summed E-state index contributed by atoms with van der Waals surface area (Å²) < 4.78 is 53.2. The number of pyridine rings is 1. The number of sulfonamides is 1. The van der Waals surface area contributed by atoms with Crippen molar-refractivity contribution in [1.29, 1.82) is 0 Å². The molecule has 2 aliphatic rings. The highest BCUT2D eigenvalue weighted by Crippen LogP contribution is 2.32. The Morgan fingerprint density at radius 3 is 2.37 bits per heavy atom. The van der Waals surface area contributed by atoms with Crippen molar-refractivity contribution >= 4 is 44.7 Å². The zero-order valence-corrected chi connectivity index (χ0v) is 29.8. The predicted octanol–water partition coefficient (Wildman–Crippen LogP) is 3.72. The fourth-order valence-electron chi connectivity index (χ4n) is 5.54. The Morgan fingerprint density at radius 2 is 1.78 bits per heavy atom. The van der Waals surface area contributed by atoms with Crippen LogP contribution in [-0.2, 0) is 29.1 Å². The molecule has 0 unspecified atom stereocenters. The first-order valence-electron chi connectivity index (χ1n) is 16.1. The fourth-order valence-corrected chi connectivity index (χ4v) is 6.95. The average molecular weight is 704 g/mol. The van der Waals surface area contributed by atoms with E-state index in [0.29, 0.717) is 23.7 Å². The van der Waals surface area contributed by atoms with Gasteiger partial charge in [0.2, 0.25) is 21.8 Å². The lowest BCUT2D eigenvalue weighted by Gasteiger charge is -2.36. The van der Waals surface area contributed by atoms with Gasteiger partial charge in [0.1, 0.15) is 40.9 Å². The number of likely N-dealkylation sites (tertiary alicyclic amines) is 1. The van der Waals surface area contributed by atoms with Crippen LogP contribution in [0.5, 0.6) is 5.75 Å². The van der Waals surface area contributed by atoms with E-state index in [1.54, 1.807) is 47.6 Å². The molecule has 1 aromatic carbocycles. The number of amides is 4. The van der Waals surface area contributed by atoms with E-state index in [9.17, 15) is 32.0 Å². The van der Waals surface area contributed by atoms with Crippen LogP contribution < -0.4 is 20.1 Å². The van der Waals surface area contributed by atoms with Gasteiger partial charge in [0.15, 0.2) is 0 Å². The number of carbonyl (C=O) groups excluding carboxylic acids is 4. The minimum atomic E-state index is -3.94. The highest BCUT2D eigenvalue weighted by atomic mass is 32.2. The standard InChI is InChI=1S/C34H46FN5O8S/c1-9-15-34(8,30(43)39-49(45,46)22-11-12-22)38-28(41)25-18-21(47-26-14-16-36-24-13-10-20(35)17-23(24)26)19-40(25)29(42)27(32(2,3)4)37-31(44)48-33(5,6)7/h9-10,13-14,16-17,21-22,25,27H,1,11-12,15,18-19H2,2-8H3,(H,37,44)(H,38,41)(H,39,43)/t21-,25+,27-,34-/m1/s1. The molecule has 49 heavy (non-hydrogen) atoms. The van der Waals surface area contributed by atoms with E-state index in [-0.39, 0.29) is 25.1 Å². The first kappa shape index (κ1) is 37.5. The van der Waals surface area contributed by atoms with E-state index in [1.807, 2.05) is 0 Å². The second-order valence-corrected chi connectivity index (χ2v) is 16.8. The first-order chi connectivity index (χ1) is 22.6. The summed E-state index contributed by atoms with van der Waals surface area (Å²) in [5, 5.41) is 5.03. The van der Waals surface area contributed by atoms with Crippen LogP contribution in [0.25, 0.3) is 10.9 Å². The largest absolute Gasteiger partial charge is 0.488 e. The summed E-state index contributed by atoms with van der Waals surface area (Å²) in [5.74, 6) is -2.53. The average Bonchev–Trinajstić information content (AvgIpc) is 3.75. The molecule has 2 fully saturated rings. The Balaban J connectivity index is 1.67. The highest BCUT2D eigenvalue weighted by Gasteiger charge is 2.48. The molecule has 1 aliphatic carbocycles. The van der Waals surface area contributed by atoms with E-state index in [1.165, 1.54) is 42.3 Å². The minimum Gasteiger partial charge on any atom is -0.488 e. The third-order valence-corrected chi connectivity index (χ3v) is 10.0. The van der Waals surface area contributed by atoms with Gasteiger partial charge in [-0.25, -0.2) is 17.6 Å². The van der Waals surface area contributed by atoms with Crippen molar-refractivity contribution in [3.8, 4) is 5.75 Å². The number of hydrogen-bond acceptors (Lipinski definition) is 9. The summed E-state index contributed by atoms with van der Waals surface area (Å²) in [4.78, 5) is 60.2. The summed E-state index contributed by atoms with van der Waals surface area (Å²) in [6.07, 6.45) is 1.95. The maximum Gasteiger partial charge on any atom is 0.408 e. The van der Waals surface area contributed by atoms with E-state index in [0.717, 1.165) is 0 Å². The van der Waals surface area contributed by atoms with E-state index in [4.69, 9.17) is 9.47 Å². The quantitative estimate of drug-likeness (QED) is 0.295. The molecule has 1 aliphatic heterocycles. The van der Waals surface area contributed by atoms with Gasteiger partial charge < -0.3 is 25.0 Å². The number of aromatic nitrogens is 1. The van der Waals surface area contributed by atoms with Gasteiger partial charge in [0, 0.05) is 18.0 Å². The van der Waals surface area contributed by atoms with Crippen LogP contribution in [0, 0.1) is 11.2 Å². The van der Waals surface area contributed by atoms with Crippen LogP contribution in [0.15, 0.2) is 43.1 Å². The molecule has 0 radical (unpaired) electrons. The summed E-state index contributed by atoms with van der Waals surface area (Å²) in [6.45, 7) is 15.2. The molecular weight excluding hydrogens is 657 g/mol. The van der Waals surface area contributed by atoms with Gasteiger partial charge in [-0.15, -0.1) is 6.58 Å². The predicted molar refractivity (Wildman–Crippen MR) is 180 cm³/mol. The molecule has 268 valence electrons. The molecular formula is C34H46FN5O8S. The number of rotatable bonds is 11. The molecule has 1 saturated carbocycles. The normalized spacial score (nSPS) is 20.1. The monoisotopic (exact) mass is 703 g/mol. The molecule has 2 heterocycles. The number of fused-ring (bicyclic) bond motifs is 1. The van der Waals surface area contributed by atoms with E-state index >= 15 is 0 Å². The van der Waals surface area contributed by atoms with Crippen LogP contribution >= 0.6 is 0 Å². The van der Waals surface area contributed by atoms with E-state index < -0.39 is 79.6 Å². The Morgan fingerprint density at radius 1 is 1.10 bits per heavy atom. The topological polar surface area (TPSA) is 173 Å². The van der Waals surface area contributed by atoms with Crippen LogP contribution in [0.2, 0.25) is 0 Å². The fraction of sp³-hybridized carbons (Fsp3) is 0.559. The summed E-state index contributed by atoms with van der Waals surface area (Å²) in [7, 11) is -3.94. The van der Waals surface area contributed by atoms with Crippen molar-refractivity contribution in [1.82, 2.24) is 25.2 Å². The van der Waals surface area contributed by atoms with Gasteiger partial charge in [-0.05, 0) is 76.6 Å². The maximum atomic E-state index is 14.3. The maximum absolute atomic E-state index is 14.3. The molecule has 0 spiro atoms. The Kier molecular flexibility index (Phi) is 10.7. The number of hydrogen-bond donors (Lipinski definition) is 3. The third kappa shape index (κ3) is 9.25. The lowest BCUT2D eigenvalue weighted by Crippen LogP contribution is -2.62. The van der Waals surface area contributed by atoms with Gasteiger partial charge in [-0.3, -0.25) is 24.1 Å². The zero-order valence-electron chi connectivity index (χ0n) is 29.0. The third-order valence-electron chi connectivity index (χ3n) is 8.23. The van der Waals surface area contributed by atoms with Gasteiger partial charge in [-0.1, -0.05) is 26.8 Å². The molecule has 4 amide bonds.